The number of rotatable bonds is 0. The van der Waals surface area contributed by atoms with Gasteiger partial charge in [0.2, 0.25) is 5.79 Å². The van der Waals surface area contributed by atoms with Gasteiger partial charge < -0.3 is 14.4 Å². The van der Waals surface area contributed by atoms with Gasteiger partial charge in [-0.3, -0.25) is 0 Å². The summed E-state index contributed by atoms with van der Waals surface area (Å²) in [5.41, 5.74) is 0. The number of hydrogen-bond acceptors (Lipinski definition) is 4. The summed E-state index contributed by atoms with van der Waals surface area (Å²) in [4.78, 5) is 13.8. The quantitative estimate of drug-likeness (QED) is 0.452. The highest BCUT2D eigenvalue weighted by Gasteiger charge is 2.50. The van der Waals surface area contributed by atoms with Gasteiger partial charge in [0.05, 0.1) is 0 Å². The van der Waals surface area contributed by atoms with Gasteiger partial charge in [-0.1, -0.05) is 6.08 Å². The number of fused-ring (bicyclic) bond motifs is 1. The van der Waals surface area contributed by atoms with Crippen molar-refractivity contribution >= 4 is 5.97 Å². The van der Waals surface area contributed by atoms with E-state index in [0.717, 1.165) is 13.0 Å². The predicted molar refractivity (Wildman–Crippen MR) is 57.7 cm³/mol. The van der Waals surface area contributed by atoms with E-state index in [1.807, 2.05) is 6.08 Å². The summed E-state index contributed by atoms with van der Waals surface area (Å²) in [6.45, 7) is 2.86. The maximum atomic E-state index is 11.4. The van der Waals surface area contributed by atoms with Crippen molar-refractivity contribution in [1.82, 2.24) is 4.90 Å². The Balaban J connectivity index is 1.85. The number of esters is 1. The molecule has 0 N–H and O–H groups in total. The standard InChI is InChI=1S/C12H17NO3/c1-8-11(14)16-12(15-8)5-3-9-4-6-13(2)10(9)7-12/h3,5,8-10H,4,6-7H2,1-2H3. The highest BCUT2D eigenvalue weighted by Crippen LogP contribution is 2.41. The van der Waals surface area contributed by atoms with E-state index in [4.69, 9.17) is 9.47 Å². The molecule has 0 aromatic carbocycles. The maximum Gasteiger partial charge on any atom is 0.337 e. The molecule has 2 saturated heterocycles. The van der Waals surface area contributed by atoms with Gasteiger partial charge in [0.15, 0.2) is 6.10 Å². The first kappa shape index (κ1) is 10.3. The number of likely N-dealkylation sites (tertiary alicyclic amines) is 1. The van der Waals surface area contributed by atoms with Crippen molar-refractivity contribution in [1.29, 1.82) is 0 Å². The molecule has 0 bridgehead atoms. The molecule has 2 aliphatic heterocycles. The van der Waals surface area contributed by atoms with Crippen LogP contribution >= 0.6 is 0 Å². The molecule has 0 radical (unpaired) electrons. The maximum absolute atomic E-state index is 11.4. The normalized spacial score (nSPS) is 47.4. The first-order valence-electron chi connectivity index (χ1n) is 5.90. The van der Waals surface area contributed by atoms with Gasteiger partial charge in [-0.25, -0.2) is 4.79 Å². The van der Waals surface area contributed by atoms with E-state index in [1.54, 1.807) is 6.92 Å². The number of nitrogens with zero attached hydrogens (tertiary/aromatic N) is 1. The Bertz CT molecular complexity index is 354. The van der Waals surface area contributed by atoms with Crippen LogP contribution in [-0.2, 0) is 14.3 Å². The summed E-state index contributed by atoms with van der Waals surface area (Å²) >= 11 is 0. The van der Waals surface area contributed by atoms with E-state index in [2.05, 4.69) is 18.0 Å². The Morgan fingerprint density at radius 1 is 1.56 bits per heavy atom. The molecule has 88 valence electrons. The van der Waals surface area contributed by atoms with E-state index < -0.39 is 11.9 Å². The van der Waals surface area contributed by atoms with Gasteiger partial charge in [-0.05, 0) is 38.9 Å². The van der Waals surface area contributed by atoms with Gasteiger partial charge in [-0.2, -0.15) is 0 Å². The fraction of sp³-hybridized carbons (Fsp3) is 0.750. The largest absolute Gasteiger partial charge is 0.427 e. The van der Waals surface area contributed by atoms with Crippen molar-refractivity contribution < 1.29 is 14.3 Å². The molecule has 0 amide bonds. The van der Waals surface area contributed by atoms with Crippen LogP contribution in [0.5, 0.6) is 0 Å². The Kier molecular flexibility index (Phi) is 2.13. The average Bonchev–Trinajstić information content (AvgIpc) is 2.71. The van der Waals surface area contributed by atoms with Crippen LogP contribution in [0.3, 0.4) is 0 Å². The fourth-order valence-electron chi connectivity index (χ4n) is 2.99. The van der Waals surface area contributed by atoms with Gasteiger partial charge in [0.1, 0.15) is 0 Å². The van der Waals surface area contributed by atoms with E-state index >= 15 is 0 Å². The van der Waals surface area contributed by atoms with E-state index in [-0.39, 0.29) is 5.97 Å². The van der Waals surface area contributed by atoms with Crippen molar-refractivity contribution in [3.05, 3.63) is 12.2 Å². The second-order valence-electron chi connectivity index (χ2n) is 5.06. The molecular weight excluding hydrogens is 206 g/mol. The molecule has 16 heavy (non-hydrogen) atoms. The monoisotopic (exact) mass is 223 g/mol. The van der Waals surface area contributed by atoms with Crippen LogP contribution in [0.4, 0.5) is 0 Å². The van der Waals surface area contributed by atoms with Crippen LogP contribution in [0, 0.1) is 5.92 Å². The molecule has 3 aliphatic rings. The summed E-state index contributed by atoms with van der Waals surface area (Å²) < 4.78 is 11.1. The number of hydrogen-bond donors (Lipinski definition) is 0. The topological polar surface area (TPSA) is 38.8 Å². The lowest BCUT2D eigenvalue weighted by molar-refractivity contribution is -0.164. The van der Waals surface area contributed by atoms with Crippen LogP contribution in [0.25, 0.3) is 0 Å². The molecule has 0 aromatic rings. The average molecular weight is 223 g/mol. The Morgan fingerprint density at radius 3 is 3.06 bits per heavy atom. The summed E-state index contributed by atoms with van der Waals surface area (Å²) in [7, 11) is 2.12. The van der Waals surface area contributed by atoms with Crippen LogP contribution < -0.4 is 0 Å². The third-order valence-corrected chi connectivity index (χ3v) is 3.95. The van der Waals surface area contributed by atoms with E-state index in [1.165, 1.54) is 6.42 Å². The SMILES string of the molecule is CC1OC2(C=CC3CCN(C)C3C2)OC1=O. The molecule has 3 rings (SSSR count). The first-order chi connectivity index (χ1) is 7.60. The summed E-state index contributed by atoms with van der Waals surface area (Å²) in [5, 5.41) is 0. The molecule has 1 spiro atoms. The lowest BCUT2D eigenvalue weighted by Crippen LogP contribution is -2.43. The van der Waals surface area contributed by atoms with Gasteiger partial charge >= 0.3 is 5.97 Å². The fourth-order valence-corrected chi connectivity index (χ4v) is 2.99. The molecular formula is C12H17NO3. The number of carbonyl (C=O) groups is 1. The van der Waals surface area contributed by atoms with Crippen molar-refractivity contribution in [3.8, 4) is 0 Å². The lowest BCUT2D eigenvalue weighted by Gasteiger charge is -2.35. The second kappa shape index (κ2) is 3.31. The third kappa shape index (κ3) is 1.40. The zero-order chi connectivity index (χ0) is 11.3. The third-order valence-electron chi connectivity index (χ3n) is 3.95. The number of ether oxygens (including phenoxy) is 2. The van der Waals surface area contributed by atoms with Crippen molar-refractivity contribution in [3.63, 3.8) is 0 Å². The molecule has 0 aromatic heterocycles. The Labute approximate surface area is 95.2 Å². The van der Waals surface area contributed by atoms with Crippen LogP contribution in [0.1, 0.15) is 19.8 Å². The minimum Gasteiger partial charge on any atom is -0.427 e. The second-order valence-corrected chi connectivity index (χ2v) is 5.06. The smallest absolute Gasteiger partial charge is 0.337 e. The zero-order valence-corrected chi connectivity index (χ0v) is 9.68. The molecule has 4 unspecified atom stereocenters. The number of carbonyl (C=O) groups excluding carboxylic acids is 1. The minimum atomic E-state index is -0.781. The van der Waals surface area contributed by atoms with E-state index in [0.29, 0.717) is 12.0 Å². The van der Waals surface area contributed by atoms with Crippen LogP contribution in [0.2, 0.25) is 0 Å². The van der Waals surface area contributed by atoms with Gasteiger partial charge in [-0.15, -0.1) is 0 Å². The Hall–Kier alpha value is -0.870. The highest BCUT2D eigenvalue weighted by atomic mass is 16.8. The Morgan fingerprint density at radius 2 is 2.38 bits per heavy atom. The van der Waals surface area contributed by atoms with Crippen molar-refractivity contribution in [2.24, 2.45) is 5.92 Å². The van der Waals surface area contributed by atoms with Crippen molar-refractivity contribution in [2.75, 3.05) is 13.6 Å². The van der Waals surface area contributed by atoms with Crippen LogP contribution in [-0.4, -0.2) is 42.4 Å². The minimum absolute atomic E-state index is 0.247. The summed E-state index contributed by atoms with van der Waals surface area (Å²) in [6.07, 6.45) is 5.61. The molecule has 4 nitrogen and oxygen atoms in total. The van der Waals surface area contributed by atoms with Gasteiger partial charge in [0, 0.05) is 12.5 Å². The highest BCUT2D eigenvalue weighted by molar-refractivity contribution is 5.76. The predicted octanol–water partition coefficient (Wildman–Crippen LogP) is 0.925. The zero-order valence-electron chi connectivity index (χ0n) is 9.68. The molecule has 1 aliphatic carbocycles. The molecule has 2 fully saturated rings. The summed E-state index contributed by atoms with van der Waals surface area (Å²) in [6, 6.07) is 0.447. The molecule has 2 heterocycles. The first-order valence-corrected chi connectivity index (χ1v) is 5.90. The van der Waals surface area contributed by atoms with Crippen molar-refractivity contribution in [2.45, 2.75) is 37.7 Å². The molecule has 4 heteroatoms. The summed E-state index contributed by atoms with van der Waals surface area (Å²) in [5.74, 6) is -0.436. The van der Waals surface area contributed by atoms with E-state index in [9.17, 15) is 4.79 Å². The van der Waals surface area contributed by atoms with Gasteiger partial charge in [0.25, 0.3) is 0 Å². The molecule has 0 saturated carbocycles. The lowest BCUT2D eigenvalue weighted by atomic mass is 9.87. The van der Waals surface area contributed by atoms with Crippen LogP contribution in [0.15, 0.2) is 12.2 Å². The molecule has 4 atom stereocenters.